The van der Waals surface area contributed by atoms with Crippen LogP contribution in [0.2, 0.25) is 0 Å². The fourth-order valence-electron chi connectivity index (χ4n) is 3.96. The van der Waals surface area contributed by atoms with Crippen molar-refractivity contribution >= 4 is 5.91 Å². The second kappa shape index (κ2) is 8.41. The van der Waals surface area contributed by atoms with E-state index in [0.717, 1.165) is 31.4 Å². The molecule has 2 aliphatic rings. The highest BCUT2D eigenvalue weighted by Crippen LogP contribution is 2.31. The van der Waals surface area contributed by atoms with Crippen molar-refractivity contribution in [1.82, 2.24) is 15.2 Å². The van der Waals surface area contributed by atoms with Crippen LogP contribution >= 0.6 is 0 Å². The van der Waals surface area contributed by atoms with Crippen molar-refractivity contribution < 1.29 is 9.53 Å². The van der Waals surface area contributed by atoms with Crippen LogP contribution in [0.4, 0.5) is 0 Å². The Labute approximate surface area is 160 Å². The van der Waals surface area contributed by atoms with Gasteiger partial charge < -0.3 is 15.0 Å². The molecule has 6 nitrogen and oxygen atoms in total. The number of hydrogen-bond acceptors (Lipinski definition) is 5. The summed E-state index contributed by atoms with van der Waals surface area (Å²) >= 11 is 0. The zero-order valence-electron chi connectivity index (χ0n) is 15.7. The normalized spacial score (nSPS) is 30.3. The maximum absolute atomic E-state index is 12.7. The summed E-state index contributed by atoms with van der Waals surface area (Å²) in [6.45, 7) is 2.35. The molecule has 1 aliphatic heterocycles. The Hall–Kier alpha value is -2.57. The molecule has 27 heavy (non-hydrogen) atoms. The first-order valence-electron chi connectivity index (χ1n) is 9.53. The number of terminal acetylenes is 1. The SMILES string of the molecule is C#C[C@@H]1CCC(C#N)N1C(=O)CNC1(C)CCC(Oc2cccnc2)CC1. The second-order valence-corrected chi connectivity index (χ2v) is 7.63. The van der Waals surface area contributed by atoms with Gasteiger partial charge in [-0.3, -0.25) is 9.78 Å². The Kier molecular flexibility index (Phi) is 5.98. The van der Waals surface area contributed by atoms with Crippen molar-refractivity contribution in [3.05, 3.63) is 24.5 Å². The van der Waals surface area contributed by atoms with Crippen LogP contribution in [0.15, 0.2) is 24.5 Å². The van der Waals surface area contributed by atoms with Crippen LogP contribution in [0, 0.1) is 23.7 Å². The molecule has 0 radical (unpaired) electrons. The largest absolute Gasteiger partial charge is 0.489 e. The molecule has 2 fully saturated rings. The summed E-state index contributed by atoms with van der Waals surface area (Å²) in [5.74, 6) is 3.35. The lowest BCUT2D eigenvalue weighted by Crippen LogP contribution is -2.52. The molecule has 2 heterocycles. The van der Waals surface area contributed by atoms with Crippen LogP contribution in [0.5, 0.6) is 5.75 Å². The molecule has 2 atom stereocenters. The van der Waals surface area contributed by atoms with E-state index in [1.807, 2.05) is 12.1 Å². The van der Waals surface area contributed by atoms with Crippen LogP contribution in [0.25, 0.3) is 0 Å². The van der Waals surface area contributed by atoms with E-state index in [9.17, 15) is 10.1 Å². The zero-order chi connectivity index (χ0) is 19.3. The van der Waals surface area contributed by atoms with Gasteiger partial charge in [-0.25, -0.2) is 0 Å². The highest BCUT2D eigenvalue weighted by Gasteiger charge is 2.37. The Bertz CT molecular complexity index is 707. The van der Waals surface area contributed by atoms with Crippen LogP contribution in [-0.2, 0) is 4.79 Å². The van der Waals surface area contributed by atoms with Gasteiger partial charge in [-0.05, 0) is 57.6 Å². The van der Waals surface area contributed by atoms with Gasteiger partial charge >= 0.3 is 0 Å². The molecule has 6 heteroatoms. The number of likely N-dealkylation sites (tertiary alicyclic amines) is 1. The number of pyridine rings is 1. The summed E-state index contributed by atoms with van der Waals surface area (Å²) in [4.78, 5) is 18.3. The van der Waals surface area contributed by atoms with Gasteiger partial charge in [-0.2, -0.15) is 5.26 Å². The number of hydrogen-bond donors (Lipinski definition) is 1. The molecule has 1 aromatic heterocycles. The van der Waals surface area contributed by atoms with Crippen molar-refractivity contribution in [3.63, 3.8) is 0 Å². The quantitative estimate of drug-likeness (QED) is 0.809. The molecule has 1 aliphatic carbocycles. The predicted octanol–water partition coefficient (Wildman–Crippen LogP) is 2.27. The summed E-state index contributed by atoms with van der Waals surface area (Å²) < 4.78 is 5.99. The lowest BCUT2D eigenvalue weighted by molar-refractivity contribution is -0.131. The predicted molar refractivity (Wildman–Crippen MR) is 102 cm³/mol. The minimum atomic E-state index is -0.406. The smallest absolute Gasteiger partial charge is 0.238 e. The summed E-state index contributed by atoms with van der Waals surface area (Å²) in [6, 6.07) is 5.31. The molecule has 1 saturated heterocycles. The molecule has 1 N–H and O–H groups in total. The minimum Gasteiger partial charge on any atom is -0.489 e. The Morgan fingerprint density at radius 3 is 2.78 bits per heavy atom. The minimum absolute atomic E-state index is 0.0861. The number of amides is 1. The Morgan fingerprint density at radius 1 is 1.41 bits per heavy atom. The van der Waals surface area contributed by atoms with Crippen LogP contribution in [-0.4, -0.2) is 46.1 Å². The summed E-state index contributed by atoms with van der Waals surface area (Å²) in [5.41, 5.74) is -0.113. The molecule has 0 spiro atoms. The maximum atomic E-state index is 12.7. The highest BCUT2D eigenvalue weighted by molar-refractivity contribution is 5.80. The molecule has 3 rings (SSSR count). The molecule has 1 aromatic rings. The number of carbonyl (C=O) groups excluding carboxylic acids is 1. The number of nitriles is 1. The van der Waals surface area contributed by atoms with Gasteiger partial charge in [-0.1, -0.05) is 5.92 Å². The fourth-order valence-corrected chi connectivity index (χ4v) is 3.96. The second-order valence-electron chi connectivity index (χ2n) is 7.63. The van der Waals surface area contributed by atoms with E-state index in [4.69, 9.17) is 11.2 Å². The van der Waals surface area contributed by atoms with Gasteiger partial charge in [-0.15, -0.1) is 6.42 Å². The monoisotopic (exact) mass is 366 g/mol. The average molecular weight is 366 g/mol. The molecule has 1 saturated carbocycles. The molecule has 1 unspecified atom stereocenters. The average Bonchev–Trinajstić information content (AvgIpc) is 3.12. The lowest BCUT2D eigenvalue weighted by Gasteiger charge is -2.38. The van der Waals surface area contributed by atoms with Gasteiger partial charge in [0.15, 0.2) is 0 Å². The number of nitrogens with one attached hydrogen (secondary N) is 1. The third-order valence-corrected chi connectivity index (χ3v) is 5.65. The van der Waals surface area contributed by atoms with E-state index in [2.05, 4.69) is 29.2 Å². The third kappa shape index (κ3) is 4.59. The summed E-state index contributed by atoms with van der Waals surface area (Å²) in [7, 11) is 0. The van der Waals surface area contributed by atoms with E-state index in [1.54, 1.807) is 17.3 Å². The topological polar surface area (TPSA) is 78.2 Å². The number of nitrogens with zero attached hydrogens (tertiary/aromatic N) is 3. The van der Waals surface area contributed by atoms with E-state index >= 15 is 0 Å². The standard InChI is InChI=1S/C21H26N4O2/c1-3-16-6-7-17(13-22)25(16)20(26)15-24-21(2)10-8-18(9-11-21)27-19-5-4-12-23-14-19/h1,4-5,12,14,16-18,24H,6-11,15H2,2H3/t16-,17?,18?,21?/m1/s1. The number of aromatic nitrogens is 1. The Morgan fingerprint density at radius 2 is 2.15 bits per heavy atom. The zero-order valence-corrected chi connectivity index (χ0v) is 15.7. The first kappa shape index (κ1) is 19.2. The van der Waals surface area contributed by atoms with Crippen LogP contribution in [0.3, 0.4) is 0 Å². The van der Waals surface area contributed by atoms with Crippen LogP contribution < -0.4 is 10.1 Å². The fraction of sp³-hybridized carbons (Fsp3) is 0.571. The Balaban J connectivity index is 1.49. The van der Waals surface area contributed by atoms with Gasteiger partial charge in [0.1, 0.15) is 11.8 Å². The van der Waals surface area contributed by atoms with E-state index < -0.39 is 6.04 Å². The molecule has 0 aromatic carbocycles. The molecule has 1 amide bonds. The summed E-state index contributed by atoms with van der Waals surface area (Å²) in [6.07, 6.45) is 14.2. The molecular weight excluding hydrogens is 340 g/mol. The van der Waals surface area contributed by atoms with Crippen LogP contribution in [0.1, 0.15) is 45.4 Å². The van der Waals surface area contributed by atoms with E-state index in [-0.39, 0.29) is 30.1 Å². The molecular formula is C21H26N4O2. The van der Waals surface area contributed by atoms with Gasteiger partial charge in [0.2, 0.25) is 5.91 Å². The van der Waals surface area contributed by atoms with Crippen molar-refractivity contribution in [1.29, 1.82) is 5.26 Å². The summed E-state index contributed by atoms with van der Waals surface area (Å²) in [5, 5.41) is 12.7. The van der Waals surface area contributed by atoms with E-state index in [1.165, 1.54) is 0 Å². The van der Waals surface area contributed by atoms with Gasteiger partial charge in [0.05, 0.1) is 31.0 Å². The number of ether oxygens (including phenoxy) is 1. The number of carbonyl (C=O) groups is 1. The van der Waals surface area contributed by atoms with Crippen molar-refractivity contribution in [2.24, 2.45) is 0 Å². The molecule has 0 bridgehead atoms. The van der Waals surface area contributed by atoms with Gasteiger partial charge in [0, 0.05) is 11.7 Å². The highest BCUT2D eigenvalue weighted by atomic mass is 16.5. The molecule has 142 valence electrons. The van der Waals surface area contributed by atoms with Crippen molar-refractivity contribution in [2.75, 3.05) is 6.54 Å². The van der Waals surface area contributed by atoms with E-state index in [0.29, 0.717) is 12.8 Å². The third-order valence-electron chi connectivity index (χ3n) is 5.65. The van der Waals surface area contributed by atoms with Gasteiger partial charge in [0.25, 0.3) is 0 Å². The van der Waals surface area contributed by atoms with Crippen molar-refractivity contribution in [3.8, 4) is 24.2 Å². The number of rotatable bonds is 5. The lowest BCUT2D eigenvalue weighted by atomic mass is 9.82. The first-order valence-corrected chi connectivity index (χ1v) is 9.53. The van der Waals surface area contributed by atoms with Crippen molar-refractivity contribution in [2.45, 2.75) is 69.2 Å². The first-order chi connectivity index (χ1) is 13.0. The maximum Gasteiger partial charge on any atom is 0.238 e.